The number of rotatable bonds is 2. The first-order valence-corrected chi connectivity index (χ1v) is 5.67. The van der Waals surface area contributed by atoms with E-state index >= 15 is 0 Å². The van der Waals surface area contributed by atoms with E-state index in [1.807, 2.05) is 31.0 Å². The van der Waals surface area contributed by atoms with Gasteiger partial charge in [0.1, 0.15) is 0 Å². The monoisotopic (exact) mass is 222 g/mol. The molecule has 1 saturated heterocycles. The van der Waals surface area contributed by atoms with Gasteiger partial charge in [0.05, 0.1) is 12.2 Å². The molecule has 0 aromatic carbocycles. The minimum atomic E-state index is -0.0263. The normalized spacial score (nSPS) is 26.2. The summed E-state index contributed by atoms with van der Waals surface area (Å²) >= 11 is 0. The summed E-state index contributed by atoms with van der Waals surface area (Å²) in [5.74, 6) is 0.163. The van der Waals surface area contributed by atoms with Crippen LogP contribution in [0.3, 0.4) is 0 Å². The van der Waals surface area contributed by atoms with Crippen molar-refractivity contribution in [1.29, 1.82) is 0 Å². The number of piperidine rings is 1. The number of hydrogen-bond donors (Lipinski definition) is 1. The van der Waals surface area contributed by atoms with Crippen molar-refractivity contribution in [3.63, 3.8) is 0 Å². The van der Waals surface area contributed by atoms with Crippen LogP contribution < -0.4 is 5.73 Å². The van der Waals surface area contributed by atoms with Crippen LogP contribution in [0.2, 0.25) is 0 Å². The van der Waals surface area contributed by atoms with Crippen LogP contribution in [-0.4, -0.2) is 33.7 Å². The molecule has 0 bridgehead atoms. The van der Waals surface area contributed by atoms with Crippen LogP contribution in [0, 0.1) is 0 Å². The molecule has 1 amide bonds. The lowest BCUT2D eigenvalue weighted by Crippen LogP contribution is -2.46. The van der Waals surface area contributed by atoms with Crippen LogP contribution in [-0.2, 0) is 11.3 Å². The number of carbonyl (C=O) groups excluding carboxylic acids is 1. The molecule has 1 aromatic rings. The first-order chi connectivity index (χ1) is 7.63. The molecule has 2 atom stereocenters. The third kappa shape index (κ3) is 1.82. The Balaban J connectivity index is 2.26. The van der Waals surface area contributed by atoms with Crippen molar-refractivity contribution in [2.75, 3.05) is 7.05 Å². The van der Waals surface area contributed by atoms with E-state index in [9.17, 15) is 4.79 Å². The van der Waals surface area contributed by atoms with Gasteiger partial charge in [-0.05, 0) is 13.3 Å². The molecular weight excluding hydrogens is 204 g/mol. The number of aryl methyl sites for hydroxylation is 1. The lowest BCUT2D eigenvalue weighted by molar-refractivity contribution is -0.135. The Bertz CT molecular complexity index is 387. The zero-order valence-electron chi connectivity index (χ0n) is 9.76. The van der Waals surface area contributed by atoms with Gasteiger partial charge in [-0.25, -0.2) is 0 Å². The summed E-state index contributed by atoms with van der Waals surface area (Å²) in [6, 6.07) is -0.0150. The summed E-state index contributed by atoms with van der Waals surface area (Å²) in [7, 11) is 1.81. The predicted molar refractivity (Wildman–Crippen MR) is 60.6 cm³/mol. The molecule has 5 nitrogen and oxygen atoms in total. The van der Waals surface area contributed by atoms with Gasteiger partial charge in [-0.1, -0.05) is 0 Å². The van der Waals surface area contributed by atoms with Gasteiger partial charge in [0.15, 0.2) is 0 Å². The van der Waals surface area contributed by atoms with Gasteiger partial charge < -0.3 is 10.6 Å². The van der Waals surface area contributed by atoms with E-state index in [0.29, 0.717) is 6.42 Å². The highest BCUT2D eigenvalue weighted by molar-refractivity contribution is 5.77. The average Bonchev–Trinajstić information content (AvgIpc) is 2.73. The lowest BCUT2D eigenvalue weighted by Gasteiger charge is -2.36. The molecule has 0 aliphatic carbocycles. The molecule has 16 heavy (non-hydrogen) atoms. The Kier molecular flexibility index (Phi) is 2.96. The van der Waals surface area contributed by atoms with Gasteiger partial charge in [0.25, 0.3) is 0 Å². The summed E-state index contributed by atoms with van der Waals surface area (Å²) in [6.45, 7) is 2.87. The third-order valence-corrected chi connectivity index (χ3v) is 3.23. The van der Waals surface area contributed by atoms with E-state index in [2.05, 4.69) is 5.10 Å². The molecule has 2 N–H and O–H groups in total. The molecular formula is C11H18N4O. The molecule has 5 heteroatoms. The molecule has 2 rings (SSSR count). The Labute approximate surface area is 95.2 Å². The van der Waals surface area contributed by atoms with Crippen LogP contribution in [0.5, 0.6) is 0 Å². The SMILES string of the molecule is CCn1cc(C2C(N)CCC(=O)N2C)cn1. The zero-order chi connectivity index (χ0) is 11.7. The summed E-state index contributed by atoms with van der Waals surface area (Å²) in [6.07, 6.45) is 5.09. The van der Waals surface area contributed by atoms with Crippen LogP contribution in [0.15, 0.2) is 12.4 Å². The van der Waals surface area contributed by atoms with E-state index in [1.54, 1.807) is 4.90 Å². The van der Waals surface area contributed by atoms with E-state index < -0.39 is 0 Å². The van der Waals surface area contributed by atoms with Crippen LogP contribution in [0.1, 0.15) is 31.4 Å². The number of carbonyl (C=O) groups is 1. The number of nitrogens with two attached hydrogens (primary N) is 1. The Morgan fingerprint density at radius 2 is 2.38 bits per heavy atom. The van der Waals surface area contributed by atoms with Crippen molar-refractivity contribution in [3.05, 3.63) is 18.0 Å². The first kappa shape index (κ1) is 11.1. The fraction of sp³-hybridized carbons (Fsp3) is 0.636. The van der Waals surface area contributed by atoms with Gasteiger partial charge >= 0.3 is 0 Å². The highest BCUT2D eigenvalue weighted by Gasteiger charge is 2.33. The molecule has 1 fully saturated rings. The molecule has 1 aromatic heterocycles. The number of aromatic nitrogens is 2. The fourth-order valence-corrected chi connectivity index (χ4v) is 2.24. The second-order valence-corrected chi connectivity index (χ2v) is 4.28. The second-order valence-electron chi connectivity index (χ2n) is 4.28. The van der Waals surface area contributed by atoms with Crippen molar-refractivity contribution in [3.8, 4) is 0 Å². The maximum Gasteiger partial charge on any atom is 0.222 e. The quantitative estimate of drug-likeness (QED) is 0.793. The molecule has 0 saturated carbocycles. The van der Waals surface area contributed by atoms with E-state index in [4.69, 9.17) is 5.73 Å². The van der Waals surface area contributed by atoms with Crippen molar-refractivity contribution < 1.29 is 4.79 Å². The topological polar surface area (TPSA) is 64.2 Å². The Hall–Kier alpha value is -1.36. The molecule has 0 radical (unpaired) electrons. The molecule has 1 aliphatic rings. The number of amides is 1. The van der Waals surface area contributed by atoms with Crippen LogP contribution in [0.25, 0.3) is 0 Å². The second kappa shape index (κ2) is 4.25. The van der Waals surface area contributed by atoms with Crippen LogP contribution >= 0.6 is 0 Å². The van der Waals surface area contributed by atoms with Crippen molar-refractivity contribution in [1.82, 2.24) is 14.7 Å². The number of nitrogens with zero attached hydrogens (tertiary/aromatic N) is 3. The lowest BCUT2D eigenvalue weighted by atomic mass is 9.93. The fourth-order valence-electron chi connectivity index (χ4n) is 2.24. The van der Waals surface area contributed by atoms with Gasteiger partial charge in [-0.15, -0.1) is 0 Å². The van der Waals surface area contributed by atoms with Crippen molar-refractivity contribution in [2.45, 2.75) is 38.4 Å². The summed E-state index contributed by atoms with van der Waals surface area (Å²) in [5.41, 5.74) is 7.12. The van der Waals surface area contributed by atoms with Gasteiger partial charge in [0.2, 0.25) is 5.91 Å². The number of hydrogen-bond acceptors (Lipinski definition) is 3. The van der Waals surface area contributed by atoms with Crippen LogP contribution in [0.4, 0.5) is 0 Å². The third-order valence-electron chi connectivity index (χ3n) is 3.23. The Morgan fingerprint density at radius 3 is 3.00 bits per heavy atom. The summed E-state index contributed by atoms with van der Waals surface area (Å²) in [5, 5.41) is 4.23. The molecule has 88 valence electrons. The first-order valence-electron chi connectivity index (χ1n) is 5.67. The molecule has 2 heterocycles. The highest BCUT2D eigenvalue weighted by atomic mass is 16.2. The van der Waals surface area contributed by atoms with Gasteiger partial charge in [-0.3, -0.25) is 9.48 Å². The standard InChI is InChI=1S/C11H18N4O/c1-3-15-7-8(6-13-15)11-9(12)4-5-10(16)14(11)2/h6-7,9,11H,3-5,12H2,1-2H3. The maximum atomic E-state index is 11.6. The Morgan fingerprint density at radius 1 is 1.62 bits per heavy atom. The summed E-state index contributed by atoms with van der Waals surface area (Å²) < 4.78 is 1.86. The average molecular weight is 222 g/mol. The molecule has 2 unspecified atom stereocenters. The van der Waals surface area contributed by atoms with E-state index in [1.165, 1.54) is 0 Å². The summed E-state index contributed by atoms with van der Waals surface area (Å²) in [4.78, 5) is 13.4. The molecule has 1 aliphatic heterocycles. The highest BCUT2D eigenvalue weighted by Crippen LogP contribution is 2.29. The van der Waals surface area contributed by atoms with Crippen molar-refractivity contribution >= 4 is 5.91 Å². The molecule has 0 spiro atoms. The van der Waals surface area contributed by atoms with E-state index in [-0.39, 0.29) is 18.0 Å². The maximum absolute atomic E-state index is 11.6. The minimum absolute atomic E-state index is 0.0113. The van der Waals surface area contributed by atoms with E-state index in [0.717, 1.165) is 18.5 Å². The zero-order valence-corrected chi connectivity index (χ0v) is 9.76. The number of likely N-dealkylation sites (tertiary alicyclic amines) is 1. The van der Waals surface area contributed by atoms with Crippen molar-refractivity contribution in [2.24, 2.45) is 5.73 Å². The predicted octanol–water partition coefficient (Wildman–Crippen LogP) is 0.524. The number of likely N-dealkylation sites (N-methyl/N-ethyl adjacent to an activating group) is 1. The minimum Gasteiger partial charge on any atom is -0.337 e. The van der Waals surface area contributed by atoms with Gasteiger partial charge in [-0.2, -0.15) is 5.10 Å². The smallest absolute Gasteiger partial charge is 0.222 e. The van der Waals surface area contributed by atoms with Gasteiger partial charge in [0, 0.05) is 37.8 Å². The largest absolute Gasteiger partial charge is 0.337 e.